The third-order valence-corrected chi connectivity index (χ3v) is 3.32. The molecule has 2 aliphatic rings. The second kappa shape index (κ2) is 2.76. The summed E-state index contributed by atoms with van der Waals surface area (Å²) in [5, 5.41) is 0. The average Bonchev–Trinajstić information content (AvgIpc) is 2.36. The third kappa shape index (κ3) is 1.18. The largest absolute Gasteiger partial charge is 0.379 e. The summed E-state index contributed by atoms with van der Waals surface area (Å²) in [5.41, 5.74) is 6.41. The predicted molar refractivity (Wildman–Crippen MR) is 44.3 cm³/mol. The van der Waals surface area contributed by atoms with Crippen LogP contribution >= 0.6 is 0 Å². The normalized spacial score (nSPS) is 36.3. The molecule has 0 aromatic heterocycles. The fourth-order valence-electron chi connectivity index (χ4n) is 2.44. The molecule has 1 atom stereocenters. The molecule has 0 bridgehead atoms. The second-order valence-electron chi connectivity index (χ2n) is 4.04. The lowest BCUT2D eigenvalue weighted by Crippen LogP contribution is -2.41. The van der Waals surface area contributed by atoms with Crippen LogP contribution in [0.1, 0.15) is 32.1 Å². The summed E-state index contributed by atoms with van der Waals surface area (Å²) in [4.78, 5) is 0. The van der Waals surface area contributed by atoms with Gasteiger partial charge in [-0.2, -0.15) is 0 Å². The third-order valence-electron chi connectivity index (χ3n) is 3.32. The Hall–Kier alpha value is -0.0800. The van der Waals surface area contributed by atoms with Gasteiger partial charge >= 0.3 is 0 Å². The lowest BCUT2D eigenvalue weighted by molar-refractivity contribution is 0.120. The number of nitrogens with two attached hydrogens (primary N) is 1. The molecule has 1 spiro atoms. The monoisotopic (exact) mass is 155 g/mol. The molecule has 2 fully saturated rings. The zero-order valence-electron chi connectivity index (χ0n) is 7.01. The second-order valence-corrected chi connectivity index (χ2v) is 4.04. The van der Waals surface area contributed by atoms with Gasteiger partial charge in [0.15, 0.2) is 0 Å². The van der Waals surface area contributed by atoms with Gasteiger partial charge in [-0.1, -0.05) is 19.3 Å². The van der Waals surface area contributed by atoms with Crippen molar-refractivity contribution in [2.24, 2.45) is 11.1 Å². The molecular weight excluding hydrogens is 138 g/mol. The van der Waals surface area contributed by atoms with Crippen LogP contribution in [0.5, 0.6) is 0 Å². The molecule has 1 unspecified atom stereocenters. The highest BCUT2D eigenvalue weighted by Crippen LogP contribution is 2.41. The molecule has 1 saturated heterocycles. The minimum absolute atomic E-state index is 0.322. The number of hydrogen-bond acceptors (Lipinski definition) is 2. The van der Waals surface area contributed by atoms with Crippen molar-refractivity contribution < 1.29 is 4.74 Å². The highest BCUT2D eigenvalue weighted by atomic mass is 16.5. The maximum absolute atomic E-state index is 6.02. The van der Waals surface area contributed by atoms with Crippen molar-refractivity contribution in [1.29, 1.82) is 0 Å². The molecule has 1 aliphatic heterocycles. The first-order valence-electron chi connectivity index (χ1n) is 4.67. The van der Waals surface area contributed by atoms with Crippen molar-refractivity contribution in [3.8, 4) is 0 Å². The van der Waals surface area contributed by atoms with Gasteiger partial charge in [-0.25, -0.2) is 0 Å². The molecule has 2 N–H and O–H groups in total. The molecule has 0 amide bonds. The first-order chi connectivity index (χ1) is 5.33. The molecule has 0 radical (unpaired) electrons. The molecule has 0 aromatic rings. The first kappa shape index (κ1) is 7.56. The Bertz CT molecular complexity index is 140. The molecule has 11 heavy (non-hydrogen) atoms. The molecule has 1 heterocycles. The van der Waals surface area contributed by atoms with Gasteiger partial charge < -0.3 is 10.5 Å². The summed E-state index contributed by atoms with van der Waals surface area (Å²) in [5.74, 6) is 0. The Kier molecular flexibility index (Phi) is 1.90. The Morgan fingerprint density at radius 3 is 2.45 bits per heavy atom. The summed E-state index contributed by atoms with van der Waals surface area (Å²) < 4.78 is 5.43. The predicted octanol–water partition coefficient (Wildman–Crippen LogP) is 1.29. The molecule has 0 aromatic carbocycles. The highest BCUT2D eigenvalue weighted by molar-refractivity contribution is 4.95. The van der Waals surface area contributed by atoms with E-state index in [4.69, 9.17) is 10.5 Å². The lowest BCUT2D eigenvalue weighted by atomic mass is 9.71. The number of ether oxygens (including phenoxy) is 1. The Morgan fingerprint density at radius 1 is 1.18 bits per heavy atom. The van der Waals surface area contributed by atoms with E-state index in [2.05, 4.69) is 0 Å². The molecule has 2 heteroatoms. The fourth-order valence-corrected chi connectivity index (χ4v) is 2.44. The molecular formula is C9H17NO. The van der Waals surface area contributed by atoms with E-state index in [0.29, 0.717) is 11.5 Å². The van der Waals surface area contributed by atoms with Crippen molar-refractivity contribution in [2.45, 2.75) is 38.1 Å². The van der Waals surface area contributed by atoms with Crippen LogP contribution in [-0.4, -0.2) is 19.3 Å². The van der Waals surface area contributed by atoms with E-state index in [9.17, 15) is 0 Å². The number of hydrogen-bond donors (Lipinski definition) is 1. The maximum Gasteiger partial charge on any atom is 0.0624 e. The SMILES string of the molecule is NC1COCC12CCCCC2. The van der Waals surface area contributed by atoms with Crippen LogP contribution < -0.4 is 5.73 Å². The standard InChI is InChI=1S/C9H17NO/c10-8-6-11-7-9(8)4-2-1-3-5-9/h8H,1-7,10H2. The summed E-state index contributed by atoms with van der Waals surface area (Å²) in [6.45, 7) is 1.72. The minimum Gasteiger partial charge on any atom is -0.379 e. The molecule has 1 aliphatic carbocycles. The van der Waals surface area contributed by atoms with Crippen molar-refractivity contribution in [1.82, 2.24) is 0 Å². The first-order valence-corrected chi connectivity index (χ1v) is 4.67. The van der Waals surface area contributed by atoms with Gasteiger partial charge in [0.2, 0.25) is 0 Å². The van der Waals surface area contributed by atoms with E-state index < -0.39 is 0 Å². The summed E-state index contributed by atoms with van der Waals surface area (Å²) >= 11 is 0. The van der Waals surface area contributed by atoms with Gasteiger partial charge in [0, 0.05) is 11.5 Å². The van der Waals surface area contributed by atoms with Crippen LogP contribution in [0, 0.1) is 5.41 Å². The van der Waals surface area contributed by atoms with Crippen LogP contribution in [0.15, 0.2) is 0 Å². The highest BCUT2D eigenvalue weighted by Gasteiger charge is 2.42. The zero-order valence-corrected chi connectivity index (χ0v) is 7.01. The Labute approximate surface area is 68.1 Å². The van der Waals surface area contributed by atoms with E-state index >= 15 is 0 Å². The van der Waals surface area contributed by atoms with Gasteiger partial charge in [-0.3, -0.25) is 0 Å². The van der Waals surface area contributed by atoms with Gasteiger partial charge in [-0.05, 0) is 12.8 Å². The van der Waals surface area contributed by atoms with Crippen molar-refractivity contribution in [3.05, 3.63) is 0 Å². The van der Waals surface area contributed by atoms with Gasteiger partial charge in [0.1, 0.15) is 0 Å². The zero-order chi connectivity index (χ0) is 7.73. The summed E-state index contributed by atoms with van der Waals surface area (Å²) in [6, 6.07) is 0.322. The van der Waals surface area contributed by atoms with Gasteiger partial charge in [0.05, 0.1) is 13.2 Å². The van der Waals surface area contributed by atoms with Crippen molar-refractivity contribution in [2.75, 3.05) is 13.2 Å². The molecule has 2 nitrogen and oxygen atoms in total. The topological polar surface area (TPSA) is 35.2 Å². The van der Waals surface area contributed by atoms with Crippen LogP contribution in [0.25, 0.3) is 0 Å². The molecule has 64 valence electrons. The Morgan fingerprint density at radius 2 is 1.91 bits per heavy atom. The van der Waals surface area contributed by atoms with Crippen LogP contribution in [0.3, 0.4) is 0 Å². The van der Waals surface area contributed by atoms with Crippen LogP contribution in [0.4, 0.5) is 0 Å². The van der Waals surface area contributed by atoms with E-state index in [1.165, 1.54) is 32.1 Å². The maximum atomic E-state index is 6.02. The Balaban J connectivity index is 2.06. The van der Waals surface area contributed by atoms with E-state index in [0.717, 1.165) is 13.2 Å². The van der Waals surface area contributed by atoms with Crippen molar-refractivity contribution in [3.63, 3.8) is 0 Å². The van der Waals surface area contributed by atoms with Crippen molar-refractivity contribution >= 4 is 0 Å². The molecule has 1 saturated carbocycles. The number of rotatable bonds is 0. The quantitative estimate of drug-likeness (QED) is 0.572. The van der Waals surface area contributed by atoms with E-state index in [1.54, 1.807) is 0 Å². The van der Waals surface area contributed by atoms with Crippen LogP contribution in [0.2, 0.25) is 0 Å². The van der Waals surface area contributed by atoms with E-state index in [-0.39, 0.29) is 0 Å². The van der Waals surface area contributed by atoms with E-state index in [1.807, 2.05) is 0 Å². The smallest absolute Gasteiger partial charge is 0.0624 e. The van der Waals surface area contributed by atoms with Crippen LogP contribution in [-0.2, 0) is 4.74 Å². The van der Waals surface area contributed by atoms with Gasteiger partial charge in [0.25, 0.3) is 0 Å². The summed E-state index contributed by atoms with van der Waals surface area (Å²) in [6.07, 6.45) is 6.71. The fraction of sp³-hybridized carbons (Fsp3) is 1.00. The molecule has 2 rings (SSSR count). The lowest BCUT2D eigenvalue weighted by Gasteiger charge is -2.35. The van der Waals surface area contributed by atoms with Gasteiger partial charge in [-0.15, -0.1) is 0 Å². The average molecular weight is 155 g/mol. The summed E-state index contributed by atoms with van der Waals surface area (Å²) in [7, 11) is 0. The minimum atomic E-state index is 0.322.